The van der Waals surface area contributed by atoms with Gasteiger partial charge in [-0.3, -0.25) is 9.52 Å². The lowest BCUT2D eigenvalue weighted by atomic mass is 10.1. The van der Waals surface area contributed by atoms with Gasteiger partial charge in [0, 0.05) is 15.4 Å². The van der Waals surface area contributed by atoms with E-state index in [9.17, 15) is 13.2 Å². The van der Waals surface area contributed by atoms with E-state index in [1.165, 1.54) is 0 Å². The Balaban J connectivity index is 1.85. The minimum Gasteiger partial charge on any atom is -0.321 e. The van der Waals surface area contributed by atoms with Crippen LogP contribution in [0.1, 0.15) is 15.9 Å². The lowest BCUT2D eigenvalue weighted by molar-refractivity contribution is 0.102. The average Bonchev–Trinajstić information content (AvgIpc) is 2.65. The third kappa shape index (κ3) is 5.15. The van der Waals surface area contributed by atoms with Crippen LogP contribution in [-0.2, 0) is 10.0 Å². The second-order valence-corrected chi connectivity index (χ2v) is 9.08. The van der Waals surface area contributed by atoms with Gasteiger partial charge >= 0.3 is 0 Å². The molecule has 3 rings (SSSR count). The molecule has 28 heavy (non-hydrogen) atoms. The number of anilines is 2. The molecular weight excluding hydrogens is 392 g/mol. The fourth-order valence-corrected chi connectivity index (χ4v) is 4.20. The van der Waals surface area contributed by atoms with Gasteiger partial charge in [-0.1, -0.05) is 48.2 Å². The van der Waals surface area contributed by atoms with Gasteiger partial charge in [-0.2, -0.15) is 0 Å². The summed E-state index contributed by atoms with van der Waals surface area (Å²) in [5.74, 6) is -0.296. The summed E-state index contributed by atoms with van der Waals surface area (Å²) in [5.41, 5.74) is 2.07. The van der Waals surface area contributed by atoms with Gasteiger partial charge in [0.15, 0.2) is 0 Å². The first-order valence-corrected chi connectivity index (χ1v) is 11.2. The molecule has 0 bridgehead atoms. The van der Waals surface area contributed by atoms with Crippen LogP contribution in [-0.4, -0.2) is 20.6 Å². The topological polar surface area (TPSA) is 75.3 Å². The molecule has 3 aromatic rings. The maximum Gasteiger partial charge on any atom is 0.256 e. The molecule has 0 aliphatic rings. The zero-order valence-electron chi connectivity index (χ0n) is 15.5. The standard InChI is InChI=1S/C21H20N2O3S2/c1-15-17(11-8-13-18(15)23-28(2,25)26)21(24)22-19-12-6-7-14-20(19)27-16-9-4-3-5-10-16/h3-14,23H,1-2H3,(H,22,24). The summed E-state index contributed by atoms with van der Waals surface area (Å²) in [5, 5.41) is 2.94. The molecule has 0 aliphatic heterocycles. The summed E-state index contributed by atoms with van der Waals surface area (Å²) in [4.78, 5) is 14.9. The van der Waals surface area contributed by atoms with Crippen molar-refractivity contribution in [3.8, 4) is 0 Å². The van der Waals surface area contributed by atoms with E-state index in [2.05, 4.69) is 10.0 Å². The van der Waals surface area contributed by atoms with E-state index in [4.69, 9.17) is 0 Å². The van der Waals surface area contributed by atoms with Crippen LogP contribution < -0.4 is 10.0 Å². The number of hydrogen-bond donors (Lipinski definition) is 2. The number of sulfonamides is 1. The lowest BCUT2D eigenvalue weighted by Crippen LogP contribution is -2.16. The van der Waals surface area contributed by atoms with Crippen molar-refractivity contribution >= 4 is 39.1 Å². The molecular formula is C21H20N2O3S2. The van der Waals surface area contributed by atoms with Crippen LogP contribution in [0.25, 0.3) is 0 Å². The molecule has 0 atom stereocenters. The largest absolute Gasteiger partial charge is 0.321 e. The third-order valence-corrected chi connectivity index (χ3v) is 5.65. The van der Waals surface area contributed by atoms with Crippen molar-refractivity contribution in [2.45, 2.75) is 16.7 Å². The zero-order valence-corrected chi connectivity index (χ0v) is 17.1. The zero-order chi connectivity index (χ0) is 20.1. The lowest BCUT2D eigenvalue weighted by Gasteiger charge is -2.14. The van der Waals surface area contributed by atoms with Gasteiger partial charge < -0.3 is 5.32 Å². The van der Waals surface area contributed by atoms with Gasteiger partial charge in [0.05, 0.1) is 17.6 Å². The maximum atomic E-state index is 12.9. The molecule has 144 valence electrons. The van der Waals surface area contributed by atoms with E-state index in [1.807, 2.05) is 54.6 Å². The van der Waals surface area contributed by atoms with Gasteiger partial charge in [0.25, 0.3) is 5.91 Å². The van der Waals surface area contributed by atoms with Crippen LogP contribution in [0, 0.1) is 6.92 Å². The first kappa shape index (κ1) is 20.0. The number of carbonyl (C=O) groups is 1. The molecule has 7 heteroatoms. The Morgan fingerprint density at radius 3 is 2.21 bits per heavy atom. The number of carbonyl (C=O) groups excluding carboxylic acids is 1. The predicted molar refractivity (Wildman–Crippen MR) is 115 cm³/mol. The van der Waals surface area contributed by atoms with E-state index < -0.39 is 10.0 Å². The highest BCUT2D eigenvalue weighted by molar-refractivity contribution is 7.99. The Morgan fingerprint density at radius 2 is 1.50 bits per heavy atom. The third-order valence-electron chi connectivity index (χ3n) is 3.98. The SMILES string of the molecule is Cc1c(NS(C)(=O)=O)cccc1C(=O)Nc1ccccc1Sc1ccccc1. The molecule has 3 aromatic carbocycles. The number of para-hydroxylation sites is 1. The molecule has 5 nitrogen and oxygen atoms in total. The van der Waals surface area contributed by atoms with Crippen molar-refractivity contribution < 1.29 is 13.2 Å². The minimum atomic E-state index is -3.43. The van der Waals surface area contributed by atoms with Crippen LogP contribution in [0.15, 0.2) is 82.6 Å². The van der Waals surface area contributed by atoms with Crippen molar-refractivity contribution in [2.75, 3.05) is 16.3 Å². The first-order chi connectivity index (χ1) is 13.3. The molecule has 2 N–H and O–H groups in total. The summed E-state index contributed by atoms with van der Waals surface area (Å²) in [7, 11) is -3.43. The normalized spacial score (nSPS) is 11.1. The van der Waals surface area contributed by atoms with Crippen molar-refractivity contribution in [1.82, 2.24) is 0 Å². The maximum absolute atomic E-state index is 12.9. The first-order valence-electron chi connectivity index (χ1n) is 8.54. The van der Waals surface area contributed by atoms with Crippen molar-refractivity contribution in [1.29, 1.82) is 0 Å². The Hall–Kier alpha value is -2.77. The fourth-order valence-electron chi connectivity index (χ4n) is 2.66. The summed E-state index contributed by atoms with van der Waals surface area (Å²) in [6, 6.07) is 22.4. The van der Waals surface area contributed by atoms with E-state index in [0.29, 0.717) is 22.5 Å². The molecule has 0 aromatic heterocycles. The van der Waals surface area contributed by atoms with Gasteiger partial charge in [-0.15, -0.1) is 0 Å². The van der Waals surface area contributed by atoms with Crippen LogP contribution >= 0.6 is 11.8 Å². The highest BCUT2D eigenvalue weighted by atomic mass is 32.2. The minimum absolute atomic E-state index is 0.296. The highest BCUT2D eigenvalue weighted by Gasteiger charge is 2.15. The van der Waals surface area contributed by atoms with Crippen LogP contribution in [0.3, 0.4) is 0 Å². The second-order valence-electron chi connectivity index (χ2n) is 6.22. The molecule has 0 saturated carbocycles. The molecule has 0 aliphatic carbocycles. The monoisotopic (exact) mass is 412 g/mol. The Labute approximate surface area is 169 Å². The van der Waals surface area contributed by atoms with Crippen molar-refractivity contribution in [2.24, 2.45) is 0 Å². The molecule has 1 amide bonds. The van der Waals surface area contributed by atoms with Crippen LogP contribution in [0.4, 0.5) is 11.4 Å². The summed E-state index contributed by atoms with van der Waals surface area (Å²) >= 11 is 1.56. The van der Waals surface area contributed by atoms with E-state index in [0.717, 1.165) is 16.0 Å². The molecule has 0 saturated heterocycles. The van der Waals surface area contributed by atoms with Gasteiger partial charge in [0.1, 0.15) is 0 Å². The Morgan fingerprint density at radius 1 is 0.857 bits per heavy atom. The Bertz CT molecular complexity index is 1100. The predicted octanol–water partition coefficient (Wildman–Crippen LogP) is 4.77. The second kappa shape index (κ2) is 8.50. The molecule has 0 spiro atoms. The van der Waals surface area contributed by atoms with E-state index in [-0.39, 0.29) is 5.91 Å². The van der Waals surface area contributed by atoms with Gasteiger partial charge in [-0.25, -0.2) is 8.42 Å². The number of rotatable bonds is 6. The average molecular weight is 413 g/mol. The quantitative estimate of drug-likeness (QED) is 0.611. The number of benzene rings is 3. The number of hydrogen-bond acceptors (Lipinski definition) is 4. The Kier molecular flexibility index (Phi) is 6.06. The molecule has 0 fully saturated rings. The van der Waals surface area contributed by atoms with Gasteiger partial charge in [0.2, 0.25) is 10.0 Å². The van der Waals surface area contributed by atoms with Crippen molar-refractivity contribution in [3.63, 3.8) is 0 Å². The fraction of sp³-hybridized carbons (Fsp3) is 0.0952. The van der Waals surface area contributed by atoms with Crippen molar-refractivity contribution in [3.05, 3.63) is 83.9 Å². The molecule has 0 radical (unpaired) electrons. The smallest absolute Gasteiger partial charge is 0.256 e. The summed E-state index contributed by atoms with van der Waals surface area (Å²) in [6.07, 6.45) is 1.08. The van der Waals surface area contributed by atoms with Gasteiger partial charge in [-0.05, 0) is 48.9 Å². The number of amides is 1. The highest BCUT2D eigenvalue weighted by Crippen LogP contribution is 2.33. The van der Waals surface area contributed by atoms with Crippen LogP contribution in [0.5, 0.6) is 0 Å². The summed E-state index contributed by atoms with van der Waals surface area (Å²) in [6.45, 7) is 1.72. The van der Waals surface area contributed by atoms with E-state index in [1.54, 1.807) is 36.9 Å². The molecule has 0 unspecified atom stereocenters. The molecule has 0 heterocycles. The van der Waals surface area contributed by atoms with E-state index >= 15 is 0 Å². The van der Waals surface area contributed by atoms with Crippen LogP contribution in [0.2, 0.25) is 0 Å². The summed E-state index contributed by atoms with van der Waals surface area (Å²) < 4.78 is 25.5. The number of nitrogens with one attached hydrogen (secondary N) is 2.